The Morgan fingerprint density at radius 2 is 1.87 bits per heavy atom. The maximum Gasteiger partial charge on any atom is 0.241 e. The number of aromatic nitrogens is 2. The van der Waals surface area contributed by atoms with E-state index in [4.69, 9.17) is 0 Å². The number of amides is 1. The predicted octanol–water partition coefficient (Wildman–Crippen LogP) is 2.11. The number of halogens is 2. The van der Waals surface area contributed by atoms with Gasteiger partial charge in [-0.15, -0.1) is 0 Å². The number of nitrogens with one attached hydrogen (secondary N) is 1. The number of nitrogens with zero attached hydrogens (tertiary/aromatic N) is 5. The number of hydrogen-bond donors (Lipinski definition) is 1. The molecule has 0 unspecified atom stereocenters. The van der Waals surface area contributed by atoms with Crippen molar-refractivity contribution in [2.24, 2.45) is 0 Å². The van der Waals surface area contributed by atoms with Crippen LogP contribution in [0.15, 0.2) is 30.6 Å². The number of piperazine rings is 1. The highest BCUT2D eigenvalue weighted by atomic mass is 19.2. The first-order valence-electron chi connectivity index (χ1n) is 10.2. The number of carbonyl (C=O) groups is 1. The first-order chi connectivity index (χ1) is 14.5. The normalized spacial score (nSPS) is 18.7. The van der Waals surface area contributed by atoms with Gasteiger partial charge in [0.2, 0.25) is 5.91 Å². The minimum absolute atomic E-state index is 0.0859. The average molecular weight is 416 g/mol. The molecular weight excluding hydrogens is 390 g/mol. The number of benzene rings is 1. The van der Waals surface area contributed by atoms with Crippen molar-refractivity contribution in [1.29, 1.82) is 0 Å². The van der Waals surface area contributed by atoms with Crippen LogP contribution in [0.3, 0.4) is 0 Å². The molecule has 1 amide bonds. The summed E-state index contributed by atoms with van der Waals surface area (Å²) in [5, 5.41) is 3.47. The summed E-state index contributed by atoms with van der Waals surface area (Å²) in [6.45, 7) is 4.10. The molecule has 1 aromatic carbocycles. The van der Waals surface area contributed by atoms with Gasteiger partial charge in [0.25, 0.3) is 0 Å². The molecule has 3 heterocycles. The van der Waals surface area contributed by atoms with Gasteiger partial charge < -0.3 is 15.1 Å². The maximum absolute atomic E-state index is 13.4. The van der Waals surface area contributed by atoms with Gasteiger partial charge in [0.1, 0.15) is 18.0 Å². The molecule has 7 nitrogen and oxygen atoms in total. The third kappa shape index (κ3) is 4.84. The Hall–Kier alpha value is -2.81. The SMILES string of the molecule is CN1CCN(c2cc(NC3CCN(Cc4ccc(F)c(F)c4)CC3)ncn2)CC1=O. The van der Waals surface area contributed by atoms with E-state index < -0.39 is 11.6 Å². The fraction of sp³-hybridized carbons (Fsp3) is 0.476. The summed E-state index contributed by atoms with van der Waals surface area (Å²) >= 11 is 0. The van der Waals surface area contributed by atoms with E-state index >= 15 is 0 Å². The minimum atomic E-state index is -0.813. The fourth-order valence-corrected chi connectivity index (χ4v) is 3.89. The zero-order valence-corrected chi connectivity index (χ0v) is 17.0. The fourth-order valence-electron chi connectivity index (χ4n) is 3.89. The van der Waals surface area contributed by atoms with Crippen LogP contribution in [-0.4, -0.2) is 71.5 Å². The molecular formula is C21H26F2N6O. The molecule has 0 aliphatic carbocycles. The van der Waals surface area contributed by atoms with E-state index in [1.165, 1.54) is 18.5 Å². The number of anilines is 2. The second-order valence-corrected chi connectivity index (χ2v) is 7.94. The van der Waals surface area contributed by atoms with Gasteiger partial charge >= 0.3 is 0 Å². The average Bonchev–Trinajstić information content (AvgIpc) is 2.74. The van der Waals surface area contributed by atoms with Crippen LogP contribution in [0.2, 0.25) is 0 Å². The number of hydrogen-bond acceptors (Lipinski definition) is 6. The van der Waals surface area contributed by atoms with Gasteiger partial charge in [-0.25, -0.2) is 18.7 Å². The predicted molar refractivity (Wildman–Crippen MR) is 110 cm³/mol. The van der Waals surface area contributed by atoms with E-state index in [1.54, 1.807) is 11.0 Å². The molecule has 1 aromatic heterocycles. The van der Waals surface area contributed by atoms with Crippen LogP contribution >= 0.6 is 0 Å². The van der Waals surface area contributed by atoms with Crippen molar-refractivity contribution < 1.29 is 13.6 Å². The molecule has 9 heteroatoms. The van der Waals surface area contributed by atoms with Crippen LogP contribution in [0.5, 0.6) is 0 Å². The van der Waals surface area contributed by atoms with Crippen molar-refractivity contribution in [2.75, 3.05) is 50.0 Å². The standard InChI is InChI=1S/C21H26F2N6O/c1-27-8-9-29(13-21(27)30)20-11-19(24-14-25-20)26-16-4-6-28(7-5-16)12-15-2-3-17(22)18(23)10-15/h2-3,10-11,14,16H,4-9,12-13H2,1H3,(H,24,25,26). The van der Waals surface area contributed by atoms with Crippen molar-refractivity contribution in [1.82, 2.24) is 19.8 Å². The molecule has 0 bridgehead atoms. The van der Waals surface area contributed by atoms with Crippen molar-refractivity contribution in [2.45, 2.75) is 25.4 Å². The second kappa shape index (κ2) is 8.91. The van der Waals surface area contributed by atoms with Crippen molar-refractivity contribution in [3.05, 3.63) is 47.8 Å². The summed E-state index contributed by atoms with van der Waals surface area (Å²) in [5.41, 5.74) is 0.780. The van der Waals surface area contributed by atoms with Gasteiger partial charge in [0.05, 0.1) is 6.54 Å². The Kier molecular flexibility index (Phi) is 6.08. The summed E-state index contributed by atoms with van der Waals surface area (Å²) in [6, 6.07) is 6.26. The minimum Gasteiger partial charge on any atom is -0.367 e. The summed E-state index contributed by atoms with van der Waals surface area (Å²) in [7, 11) is 1.81. The van der Waals surface area contributed by atoms with E-state index in [9.17, 15) is 13.6 Å². The van der Waals surface area contributed by atoms with Gasteiger partial charge in [-0.2, -0.15) is 0 Å². The van der Waals surface area contributed by atoms with Crippen LogP contribution in [0, 0.1) is 11.6 Å². The van der Waals surface area contributed by atoms with Crippen LogP contribution in [0.1, 0.15) is 18.4 Å². The Morgan fingerprint density at radius 3 is 2.60 bits per heavy atom. The highest BCUT2D eigenvalue weighted by molar-refractivity contribution is 5.82. The lowest BCUT2D eigenvalue weighted by atomic mass is 10.0. The molecule has 2 aromatic rings. The lowest BCUT2D eigenvalue weighted by molar-refractivity contribution is -0.129. The topological polar surface area (TPSA) is 64.6 Å². The molecule has 0 radical (unpaired) electrons. The smallest absolute Gasteiger partial charge is 0.241 e. The zero-order valence-electron chi connectivity index (χ0n) is 17.0. The van der Waals surface area contributed by atoms with Crippen molar-refractivity contribution in [3.63, 3.8) is 0 Å². The molecule has 0 atom stereocenters. The molecule has 4 rings (SSSR count). The molecule has 2 saturated heterocycles. The lowest BCUT2D eigenvalue weighted by Crippen LogP contribution is -2.48. The monoisotopic (exact) mass is 416 g/mol. The highest BCUT2D eigenvalue weighted by Crippen LogP contribution is 2.21. The zero-order chi connectivity index (χ0) is 21.1. The molecule has 30 heavy (non-hydrogen) atoms. The van der Waals surface area contributed by atoms with Gasteiger partial charge in [0, 0.05) is 51.9 Å². The molecule has 2 fully saturated rings. The Balaban J connectivity index is 1.30. The Labute approximate surface area is 174 Å². The number of likely N-dealkylation sites (tertiary alicyclic amines) is 1. The van der Waals surface area contributed by atoms with Crippen LogP contribution in [0.25, 0.3) is 0 Å². The van der Waals surface area contributed by atoms with Crippen LogP contribution in [-0.2, 0) is 11.3 Å². The quantitative estimate of drug-likeness (QED) is 0.806. The third-order valence-corrected chi connectivity index (χ3v) is 5.76. The van der Waals surface area contributed by atoms with Gasteiger partial charge in [0.15, 0.2) is 11.6 Å². The molecule has 160 valence electrons. The van der Waals surface area contributed by atoms with Crippen LogP contribution in [0.4, 0.5) is 20.4 Å². The van der Waals surface area contributed by atoms with E-state index in [0.29, 0.717) is 19.6 Å². The number of rotatable bonds is 5. The molecule has 0 spiro atoms. The number of likely N-dealkylation sites (N-methyl/N-ethyl adjacent to an activating group) is 1. The summed E-state index contributed by atoms with van der Waals surface area (Å²) in [4.78, 5) is 26.6. The first-order valence-corrected chi connectivity index (χ1v) is 10.2. The number of piperidine rings is 1. The summed E-state index contributed by atoms with van der Waals surface area (Å²) < 4.78 is 26.5. The van der Waals surface area contributed by atoms with E-state index in [2.05, 4.69) is 20.2 Å². The van der Waals surface area contributed by atoms with Crippen molar-refractivity contribution in [3.8, 4) is 0 Å². The number of carbonyl (C=O) groups excluding carboxylic acids is 1. The Bertz CT molecular complexity index is 903. The van der Waals surface area contributed by atoms with Crippen LogP contribution < -0.4 is 10.2 Å². The lowest BCUT2D eigenvalue weighted by Gasteiger charge is -2.34. The first kappa shape index (κ1) is 20.5. The maximum atomic E-state index is 13.4. The third-order valence-electron chi connectivity index (χ3n) is 5.76. The van der Waals surface area contributed by atoms with E-state index in [-0.39, 0.29) is 11.9 Å². The Morgan fingerprint density at radius 1 is 1.07 bits per heavy atom. The summed E-state index contributed by atoms with van der Waals surface area (Å²) in [6.07, 6.45) is 3.38. The van der Waals surface area contributed by atoms with Crippen molar-refractivity contribution >= 4 is 17.5 Å². The molecule has 2 aliphatic rings. The summed E-state index contributed by atoms with van der Waals surface area (Å²) in [5.74, 6) is -0.0181. The van der Waals surface area contributed by atoms with Gasteiger partial charge in [-0.3, -0.25) is 9.69 Å². The molecule has 1 N–H and O–H groups in total. The second-order valence-electron chi connectivity index (χ2n) is 7.94. The highest BCUT2D eigenvalue weighted by Gasteiger charge is 2.23. The van der Waals surface area contributed by atoms with E-state index in [1.807, 2.05) is 18.0 Å². The molecule has 2 aliphatic heterocycles. The van der Waals surface area contributed by atoms with Gasteiger partial charge in [-0.1, -0.05) is 6.07 Å². The van der Waals surface area contributed by atoms with Gasteiger partial charge in [-0.05, 0) is 30.5 Å². The molecule has 0 saturated carbocycles. The van der Waals surface area contributed by atoms with E-state index in [0.717, 1.165) is 49.7 Å². The largest absolute Gasteiger partial charge is 0.367 e.